The van der Waals surface area contributed by atoms with Gasteiger partial charge in [-0.25, -0.2) is 0 Å². The number of nitrogens with zero attached hydrogens (tertiary/aromatic N) is 2. The van der Waals surface area contributed by atoms with Crippen LogP contribution in [0.5, 0.6) is 0 Å². The van der Waals surface area contributed by atoms with Crippen molar-refractivity contribution in [3.63, 3.8) is 0 Å². The number of hydrogen-bond donors (Lipinski definition) is 0. The van der Waals surface area contributed by atoms with Crippen molar-refractivity contribution in [3.05, 3.63) is 12.3 Å². The van der Waals surface area contributed by atoms with Crippen LogP contribution in [0.1, 0.15) is 27.7 Å². The van der Waals surface area contributed by atoms with Gasteiger partial charge in [-0.15, -0.1) is 0 Å². The van der Waals surface area contributed by atoms with Gasteiger partial charge in [0.15, 0.2) is 0 Å². The van der Waals surface area contributed by atoms with E-state index in [9.17, 15) is 0 Å². The third kappa shape index (κ3) is 5.35. The van der Waals surface area contributed by atoms with E-state index < -0.39 is 0 Å². The topological polar surface area (TPSA) is 15.6 Å². The highest BCUT2D eigenvalue weighted by atomic mass is 15.4. The van der Waals surface area contributed by atoms with Gasteiger partial charge in [0, 0.05) is 19.0 Å². The Kier molecular flexibility index (Phi) is 9.80. The molecular formula is C8H18N2. The largest absolute Gasteiger partial charge is 0.271 e. The minimum absolute atomic E-state index is 0.846. The normalized spacial score (nSPS) is 7.20. The zero-order valence-corrected chi connectivity index (χ0v) is 7.52. The lowest BCUT2D eigenvalue weighted by atomic mass is 10.5. The number of rotatable bonds is 3. The molecule has 2 heteroatoms. The van der Waals surface area contributed by atoms with Gasteiger partial charge in [0.1, 0.15) is 0 Å². The molecule has 0 unspecified atom stereocenters. The molecule has 0 fully saturated rings. The van der Waals surface area contributed by atoms with Crippen LogP contribution in [-0.4, -0.2) is 18.3 Å². The maximum Gasteiger partial charge on any atom is 0.0383 e. The Morgan fingerprint density at radius 1 is 1.50 bits per heavy atom. The lowest BCUT2D eigenvalue weighted by molar-refractivity contribution is 0.391. The van der Waals surface area contributed by atoms with E-state index in [0.29, 0.717) is 0 Å². The van der Waals surface area contributed by atoms with Gasteiger partial charge in [-0.2, -0.15) is 5.10 Å². The van der Waals surface area contributed by atoms with E-state index in [-0.39, 0.29) is 0 Å². The molecule has 0 aromatic carbocycles. The lowest BCUT2D eigenvalue weighted by Gasteiger charge is -2.13. The maximum atomic E-state index is 3.69. The van der Waals surface area contributed by atoms with E-state index in [1.807, 2.05) is 27.7 Å². The zero-order valence-electron chi connectivity index (χ0n) is 7.52. The number of hydrogen-bond acceptors (Lipinski definition) is 2. The Morgan fingerprint density at radius 2 is 1.90 bits per heavy atom. The molecule has 0 saturated carbocycles. The summed E-state index contributed by atoms with van der Waals surface area (Å²) >= 11 is 0. The first-order chi connectivity index (χ1) is 4.72. The Labute approximate surface area is 64.2 Å². The molecule has 0 aliphatic rings. The summed E-state index contributed by atoms with van der Waals surface area (Å²) < 4.78 is 0. The first-order valence-electron chi connectivity index (χ1n) is 3.62. The first-order valence-corrected chi connectivity index (χ1v) is 3.62. The quantitative estimate of drug-likeness (QED) is 0.436. The Balaban J connectivity index is 0. The molecule has 0 saturated heterocycles. The molecule has 0 amide bonds. The molecule has 0 aromatic rings. The predicted octanol–water partition coefficient (Wildman–Crippen LogP) is 2.48. The molecule has 0 aliphatic heterocycles. The Morgan fingerprint density at radius 3 is 1.90 bits per heavy atom. The SMILES string of the molecule is C=NN(CC)C(=C)C.CC. The van der Waals surface area contributed by atoms with Crippen molar-refractivity contribution in [1.82, 2.24) is 5.01 Å². The van der Waals surface area contributed by atoms with Crippen LogP contribution in [0.3, 0.4) is 0 Å². The third-order valence-corrected chi connectivity index (χ3v) is 0.911. The molecule has 0 heterocycles. The van der Waals surface area contributed by atoms with E-state index in [4.69, 9.17) is 0 Å². The highest BCUT2D eigenvalue weighted by molar-refractivity contribution is 5.23. The third-order valence-electron chi connectivity index (χ3n) is 0.911. The fraction of sp³-hybridized carbons (Fsp3) is 0.625. The van der Waals surface area contributed by atoms with Crippen LogP contribution >= 0.6 is 0 Å². The van der Waals surface area contributed by atoms with Crippen LogP contribution in [0.25, 0.3) is 0 Å². The van der Waals surface area contributed by atoms with Crippen LogP contribution in [0.15, 0.2) is 17.4 Å². The van der Waals surface area contributed by atoms with Gasteiger partial charge in [-0.05, 0) is 13.8 Å². The smallest absolute Gasteiger partial charge is 0.0383 e. The van der Waals surface area contributed by atoms with E-state index in [1.54, 1.807) is 5.01 Å². The van der Waals surface area contributed by atoms with E-state index >= 15 is 0 Å². The second-order valence-corrected chi connectivity index (χ2v) is 1.59. The maximum absolute atomic E-state index is 3.69. The highest BCUT2D eigenvalue weighted by Crippen LogP contribution is 1.97. The van der Waals surface area contributed by atoms with Crippen LogP contribution in [0.4, 0.5) is 0 Å². The molecule has 0 rings (SSSR count). The van der Waals surface area contributed by atoms with E-state index in [0.717, 1.165) is 12.2 Å². The molecule has 0 spiro atoms. The fourth-order valence-electron chi connectivity index (χ4n) is 0.491. The van der Waals surface area contributed by atoms with Crippen LogP contribution in [-0.2, 0) is 0 Å². The van der Waals surface area contributed by atoms with E-state index in [1.165, 1.54) is 0 Å². The van der Waals surface area contributed by atoms with Gasteiger partial charge in [-0.1, -0.05) is 20.4 Å². The number of allylic oxidation sites excluding steroid dienone is 1. The summed E-state index contributed by atoms with van der Waals surface area (Å²) in [4.78, 5) is 0. The van der Waals surface area contributed by atoms with Crippen molar-refractivity contribution < 1.29 is 0 Å². The summed E-state index contributed by atoms with van der Waals surface area (Å²) in [6.45, 7) is 15.8. The molecule has 2 nitrogen and oxygen atoms in total. The molecular weight excluding hydrogens is 124 g/mol. The minimum atomic E-state index is 0.846. The van der Waals surface area contributed by atoms with Crippen molar-refractivity contribution in [1.29, 1.82) is 0 Å². The van der Waals surface area contributed by atoms with Gasteiger partial charge in [-0.3, -0.25) is 5.01 Å². The van der Waals surface area contributed by atoms with Crippen molar-refractivity contribution in [2.75, 3.05) is 6.54 Å². The molecule has 60 valence electrons. The minimum Gasteiger partial charge on any atom is -0.271 e. The van der Waals surface area contributed by atoms with Crippen molar-refractivity contribution in [2.45, 2.75) is 27.7 Å². The monoisotopic (exact) mass is 142 g/mol. The summed E-state index contributed by atoms with van der Waals surface area (Å²) in [5.74, 6) is 0. The van der Waals surface area contributed by atoms with Crippen molar-refractivity contribution in [2.24, 2.45) is 5.10 Å². The van der Waals surface area contributed by atoms with Gasteiger partial charge in [0.25, 0.3) is 0 Å². The zero-order chi connectivity index (χ0) is 8.57. The highest BCUT2D eigenvalue weighted by Gasteiger charge is 1.91. The van der Waals surface area contributed by atoms with Crippen LogP contribution in [0.2, 0.25) is 0 Å². The van der Waals surface area contributed by atoms with Gasteiger partial charge < -0.3 is 0 Å². The molecule has 0 bridgehead atoms. The number of hydrazone groups is 1. The Hall–Kier alpha value is -0.790. The van der Waals surface area contributed by atoms with Gasteiger partial charge >= 0.3 is 0 Å². The van der Waals surface area contributed by atoms with Crippen LogP contribution in [0, 0.1) is 0 Å². The van der Waals surface area contributed by atoms with E-state index in [2.05, 4.69) is 18.4 Å². The lowest BCUT2D eigenvalue weighted by Crippen LogP contribution is -2.11. The molecule has 0 atom stereocenters. The molecule has 0 radical (unpaired) electrons. The molecule has 10 heavy (non-hydrogen) atoms. The van der Waals surface area contributed by atoms with Gasteiger partial charge in [0.2, 0.25) is 0 Å². The predicted molar refractivity (Wildman–Crippen MR) is 48.1 cm³/mol. The summed E-state index contributed by atoms with van der Waals surface area (Å²) in [5.41, 5.74) is 0.933. The van der Waals surface area contributed by atoms with Crippen molar-refractivity contribution in [3.8, 4) is 0 Å². The summed E-state index contributed by atoms with van der Waals surface area (Å²) in [7, 11) is 0. The van der Waals surface area contributed by atoms with Crippen LogP contribution < -0.4 is 0 Å². The fourth-order valence-corrected chi connectivity index (χ4v) is 0.491. The first kappa shape index (κ1) is 11.9. The second kappa shape index (κ2) is 8.21. The summed E-state index contributed by atoms with van der Waals surface area (Å²) in [6, 6.07) is 0. The van der Waals surface area contributed by atoms with Crippen molar-refractivity contribution >= 4 is 6.72 Å². The average Bonchev–Trinajstić information content (AvgIpc) is 1.94. The summed E-state index contributed by atoms with van der Waals surface area (Å²) in [6.07, 6.45) is 0. The Bertz CT molecular complexity index is 97.4. The standard InChI is InChI=1S/C6H12N2.C2H6/c1-5-8(7-4)6(2)3;1-2/h2,4-5H2,1,3H3;1-2H3. The molecule has 0 aromatic heterocycles. The second-order valence-electron chi connectivity index (χ2n) is 1.59. The summed E-state index contributed by atoms with van der Waals surface area (Å²) in [5, 5.41) is 5.43. The molecule has 0 N–H and O–H groups in total. The molecule has 0 aliphatic carbocycles. The van der Waals surface area contributed by atoms with Gasteiger partial charge in [0.05, 0.1) is 0 Å². The average molecular weight is 142 g/mol.